The SMILES string of the molecule is COCC(N)CCNc1ccc(C(F)(F)F)nn1. The maximum Gasteiger partial charge on any atom is 0.435 e. The first-order valence-electron chi connectivity index (χ1n) is 5.33. The first kappa shape index (κ1) is 14.7. The minimum absolute atomic E-state index is 0.120. The number of nitrogens with zero attached hydrogens (tertiary/aromatic N) is 2. The van der Waals surface area contributed by atoms with E-state index in [0.717, 1.165) is 6.07 Å². The highest BCUT2D eigenvalue weighted by molar-refractivity contribution is 5.33. The number of anilines is 1. The van der Waals surface area contributed by atoms with Crippen LogP contribution in [0.1, 0.15) is 12.1 Å². The third-order valence-electron chi connectivity index (χ3n) is 2.16. The van der Waals surface area contributed by atoms with Crippen LogP contribution in [0, 0.1) is 0 Å². The van der Waals surface area contributed by atoms with Crippen molar-refractivity contribution in [1.82, 2.24) is 10.2 Å². The van der Waals surface area contributed by atoms with Crippen LogP contribution in [0.3, 0.4) is 0 Å². The summed E-state index contributed by atoms with van der Waals surface area (Å²) >= 11 is 0. The summed E-state index contributed by atoms with van der Waals surface area (Å²) in [5.41, 5.74) is 4.67. The van der Waals surface area contributed by atoms with E-state index in [4.69, 9.17) is 10.5 Å². The van der Waals surface area contributed by atoms with Gasteiger partial charge in [0.05, 0.1) is 6.61 Å². The molecule has 0 saturated carbocycles. The Kier molecular flexibility index (Phi) is 5.29. The summed E-state index contributed by atoms with van der Waals surface area (Å²) in [5, 5.41) is 9.36. The number of nitrogens with one attached hydrogen (secondary N) is 1. The van der Waals surface area contributed by atoms with Crippen LogP contribution in [0.15, 0.2) is 12.1 Å². The van der Waals surface area contributed by atoms with Crippen molar-refractivity contribution in [3.63, 3.8) is 0 Å². The van der Waals surface area contributed by atoms with Gasteiger partial charge in [-0.2, -0.15) is 13.2 Å². The molecule has 5 nitrogen and oxygen atoms in total. The van der Waals surface area contributed by atoms with Crippen LogP contribution in [0.2, 0.25) is 0 Å². The predicted molar refractivity (Wildman–Crippen MR) is 60.0 cm³/mol. The van der Waals surface area contributed by atoms with E-state index >= 15 is 0 Å². The molecular weight excluding hydrogens is 249 g/mol. The Morgan fingerprint density at radius 1 is 1.39 bits per heavy atom. The fourth-order valence-electron chi connectivity index (χ4n) is 1.26. The van der Waals surface area contributed by atoms with Gasteiger partial charge in [0.25, 0.3) is 0 Å². The van der Waals surface area contributed by atoms with Gasteiger partial charge in [0.15, 0.2) is 5.69 Å². The minimum Gasteiger partial charge on any atom is -0.383 e. The Hall–Kier alpha value is -1.41. The van der Waals surface area contributed by atoms with E-state index in [0.29, 0.717) is 19.6 Å². The van der Waals surface area contributed by atoms with Gasteiger partial charge in [-0.1, -0.05) is 0 Å². The van der Waals surface area contributed by atoms with Crippen molar-refractivity contribution in [2.75, 3.05) is 25.6 Å². The molecule has 0 aromatic carbocycles. The van der Waals surface area contributed by atoms with Gasteiger partial charge >= 0.3 is 6.18 Å². The van der Waals surface area contributed by atoms with Gasteiger partial charge in [-0.05, 0) is 18.6 Å². The Bertz CT molecular complexity index is 355. The van der Waals surface area contributed by atoms with E-state index < -0.39 is 11.9 Å². The molecule has 1 atom stereocenters. The largest absolute Gasteiger partial charge is 0.435 e. The Balaban J connectivity index is 2.40. The topological polar surface area (TPSA) is 73.1 Å². The Morgan fingerprint density at radius 3 is 2.61 bits per heavy atom. The van der Waals surface area contributed by atoms with Crippen molar-refractivity contribution in [3.05, 3.63) is 17.8 Å². The highest BCUT2D eigenvalue weighted by Gasteiger charge is 2.32. The molecule has 1 rings (SSSR count). The fraction of sp³-hybridized carbons (Fsp3) is 0.600. The van der Waals surface area contributed by atoms with Crippen LogP contribution in [-0.4, -0.2) is 36.5 Å². The average molecular weight is 264 g/mol. The number of alkyl halides is 3. The van der Waals surface area contributed by atoms with Crippen molar-refractivity contribution in [3.8, 4) is 0 Å². The number of hydrogen-bond donors (Lipinski definition) is 2. The molecule has 0 spiro atoms. The highest BCUT2D eigenvalue weighted by atomic mass is 19.4. The van der Waals surface area contributed by atoms with E-state index in [1.807, 2.05) is 0 Å². The van der Waals surface area contributed by atoms with E-state index in [-0.39, 0.29) is 11.9 Å². The van der Waals surface area contributed by atoms with E-state index in [1.165, 1.54) is 6.07 Å². The van der Waals surface area contributed by atoms with Crippen LogP contribution in [0.25, 0.3) is 0 Å². The smallest absolute Gasteiger partial charge is 0.383 e. The quantitative estimate of drug-likeness (QED) is 0.809. The van der Waals surface area contributed by atoms with Crippen molar-refractivity contribution in [1.29, 1.82) is 0 Å². The Morgan fingerprint density at radius 2 is 2.11 bits per heavy atom. The molecule has 0 amide bonds. The van der Waals surface area contributed by atoms with Gasteiger partial charge < -0.3 is 15.8 Å². The van der Waals surface area contributed by atoms with Crippen molar-refractivity contribution in [2.24, 2.45) is 5.73 Å². The number of aromatic nitrogens is 2. The molecule has 0 aliphatic rings. The zero-order chi connectivity index (χ0) is 13.6. The molecule has 1 heterocycles. The molecule has 0 radical (unpaired) electrons. The van der Waals surface area contributed by atoms with Crippen LogP contribution < -0.4 is 11.1 Å². The first-order valence-corrected chi connectivity index (χ1v) is 5.33. The second kappa shape index (κ2) is 6.50. The Labute approximate surface area is 103 Å². The summed E-state index contributed by atoms with van der Waals surface area (Å²) in [6, 6.07) is 1.99. The zero-order valence-electron chi connectivity index (χ0n) is 9.87. The molecule has 18 heavy (non-hydrogen) atoms. The van der Waals surface area contributed by atoms with E-state index in [1.54, 1.807) is 7.11 Å². The van der Waals surface area contributed by atoms with Crippen molar-refractivity contribution < 1.29 is 17.9 Å². The molecular formula is C10H15F3N4O. The first-order chi connectivity index (χ1) is 8.43. The predicted octanol–water partition coefficient (Wildman–Crippen LogP) is 1.27. The fourth-order valence-corrected chi connectivity index (χ4v) is 1.26. The number of rotatable bonds is 6. The van der Waals surface area contributed by atoms with Crippen LogP contribution in [0.5, 0.6) is 0 Å². The summed E-state index contributed by atoms with van der Waals surface area (Å²) < 4.78 is 41.5. The van der Waals surface area contributed by atoms with E-state index in [9.17, 15) is 13.2 Å². The number of nitrogens with two attached hydrogens (primary N) is 1. The van der Waals surface area contributed by atoms with Crippen LogP contribution in [-0.2, 0) is 10.9 Å². The van der Waals surface area contributed by atoms with Crippen LogP contribution in [0.4, 0.5) is 19.0 Å². The van der Waals surface area contributed by atoms with Gasteiger partial charge in [0.1, 0.15) is 5.82 Å². The highest BCUT2D eigenvalue weighted by Crippen LogP contribution is 2.26. The normalized spacial score (nSPS) is 13.4. The summed E-state index contributed by atoms with van der Waals surface area (Å²) in [4.78, 5) is 0. The number of ether oxygens (including phenoxy) is 1. The van der Waals surface area contributed by atoms with Gasteiger partial charge in [-0.3, -0.25) is 0 Å². The molecule has 1 aromatic heterocycles. The zero-order valence-corrected chi connectivity index (χ0v) is 9.87. The molecule has 1 unspecified atom stereocenters. The minimum atomic E-state index is -4.47. The lowest BCUT2D eigenvalue weighted by atomic mass is 10.2. The average Bonchev–Trinajstić information content (AvgIpc) is 2.29. The molecule has 0 aliphatic carbocycles. The lowest BCUT2D eigenvalue weighted by Gasteiger charge is -2.11. The molecule has 102 valence electrons. The van der Waals surface area contributed by atoms with Gasteiger partial charge in [0.2, 0.25) is 0 Å². The monoisotopic (exact) mass is 264 g/mol. The maximum absolute atomic E-state index is 12.2. The second-order valence-electron chi connectivity index (χ2n) is 3.73. The van der Waals surface area contributed by atoms with Crippen molar-refractivity contribution in [2.45, 2.75) is 18.6 Å². The molecule has 0 aliphatic heterocycles. The number of hydrogen-bond acceptors (Lipinski definition) is 5. The summed E-state index contributed by atoms with van der Waals surface area (Å²) in [6.07, 6.45) is -3.84. The maximum atomic E-state index is 12.2. The number of methoxy groups -OCH3 is 1. The van der Waals surface area contributed by atoms with Gasteiger partial charge in [-0.15, -0.1) is 10.2 Å². The number of halogens is 3. The lowest BCUT2D eigenvalue weighted by molar-refractivity contribution is -0.141. The summed E-state index contributed by atoms with van der Waals surface area (Å²) in [7, 11) is 1.55. The third kappa shape index (κ3) is 4.84. The summed E-state index contributed by atoms with van der Waals surface area (Å²) in [6.45, 7) is 0.922. The lowest BCUT2D eigenvalue weighted by Crippen LogP contribution is -2.28. The second-order valence-corrected chi connectivity index (χ2v) is 3.73. The summed E-state index contributed by atoms with van der Waals surface area (Å²) in [5.74, 6) is 0.285. The molecule has 3 N–H and O–H groups in total. The molecule has 0 bridgehead atoms. The standard InChI is InChI=1S/C10H15F3N4O/c1-18-6-7(14)4-5-15-9-3-2-8(16-17-9)10(11,12)13/h2-3,7H,4-6,14H2,1H3,(H,15,17). The molecule has 1 aromatic rings. The molecule has 0 fully saturated rings. The van der Waals surface area contributed by atoms with Gasteiger partial charge in [0, 0.05) is 19.7 Å². The van der Waals surface area contributed by atoms with Crippen molar-refractivity contribution >= 4 is 5.82 Å². The molecule has 0 saturated heterocycles. The van der Waals surface area contributed by atoms with Crippen LogP contribution >= 0.6 is 0 Å². The molecule has 8 heteroatoms. The third-order valence-corrected chi connectivity index (χ3v) is 2.16. The van der Waals surface area contributed by atoms with E-state index in [2.05, 4.69) is 15.5 Å². The van der Waals surface area contributed by atoms with Gasteiger partial charge in [-0.25, -0.2) is 0 Å².